The van der Waals surface area contributed by atoms with Crippen LogP contribution in [-0.2, 0) is 24.4 Å². The van der Waals surface area contributed by atoms with Crippen molar-refractivity contribution in [3.63, 3.8) is 0 Å². The van der Waals surface area contributed by atoms with Crippen molar-refractivity contribution in [2.75, 3.05) is 6.61 Å². The summed E-state index contributed by atoms with van der Waals surface area (Å²) in [5.74, 6) is -0.718. The van der Waals surface area contributed by atoms with Crippen molar-refractivity contribution in [2.24, 2.45) is 0 Å². The molecule has 10 heteroatoms. The van der Waals surface area contributed by atoms with E-state index in [1.807, 2.05) is 37.3 Å². The van der Waals surface area contributed by atoms with Gasteiger partial charge < -0.3 is 19.7 Å². The number of nitrogens with zero attached hydrogens (tertiary/aromatic N) is 2. The monoisotopic (exact) mass is 601 g/mol. The van der Waals surface area contributed by atoms with Gasteiger partial charge in [0.25, 0.3) is 0 Å². The number of hydrogen-bond donors (Lipinski definition) is 3. The number of carboxylic acids is 1. The summed E-state index contributed by atoms with van der Waals surface area (Å²) in [4.78, 5) is 15.5. The Morgan fingerprint density at radius 2 is 2.02 bits per heavy atom. The minimum atomic E-state index is -1.19. The van der Waals surface area contributed by atoms with E-state index in [4.69, 9.17) is 21.1 Å². The van der Waals surface area contributed by atoms with Crippen molar-refractivity contribution < 1.29 is 28.9 Å². The summed E-state index contributed by atoms with van der Waals surface area (Å²) in [5.41, 5.74) is 5.81. The van der Waals surface area contributed by atoms with Gasteiger partial charge in [-0.15, -0.1) is 0 Å². The van der Waals surface area contributed by atoms with E-state index in [1.54, 1.807) is 30.5 Å². The van der Waals surface area contributed by atoms with Gasteiger partial charge in [-0.1, -0.05) is 41.9 Å². The number of aliphatic carboxylic acids is 1. The van der Waals surface area contributed by atoms with Gasteiger partial charge in [0.1, 0.15) is 42.1 Å². The molecule has 220 valence electrons. The maximum Gasteiger partial charge on any atom is 0.323 e. The van der Waals surface area contributed by atoms with E-state index in [1.165, 1.54) is 12.3 Å². The molecule has 0 fully saturated rings. The van der Waals surface area contributed by atoms with Gasteiger partial charge in [0, 0.05) is 41.7 Å². The van der Waals surface area contributed by atoms with Crippen molar-refractivity contribution in [1.82, 2.24) is 10.3 Å². The van der Waals surface area contributed by atoms with Crippen molar-refractivity contribution in [3.8, 4) is 28.7 Å². The van der Waals surface area contributed by atoms with E-state index in [0.717, 1.165) is 22.3 Å². The summed E-state index contributed by atoms with van der Waals surface area (Å²) in [6.45, 7) is 1.38. The van der Waals surface area contributed by atoms with Crippen LogP contribution in [-0.4, -0.2) is 33.8 Å². The third-order valence-electron chi connectivity index (χ3n) is 7.35. The molecule has 1 aliphatic rings. The maximum atomic E-state index is 14.9. The summed E-state index contributed by atoms with van der Waals surface area (Å²) < 4.78 is 27.4. The van der Waals surface area contributed by atoms with Crippen molar-refractivity contribution in [3.05, 3.63) is 111 Å². The first kappa shape index (κ1) is 30.0. The Hall–Kier alpha value is -4.49. The lowest BCUT2D eigenvalue weighted by atomic mass is 9.95. The molecule has 0 saturated carbocycles. The summed E-state index contributed by atoms with van der Waals surface area (Å²) in [6.07, 6.45) is 4.07. The van der Waals surface area contributed by atoms with Crippen LogP contribution in [0.5, 0.6) is 11.5 Å². The molecule has 0 radical (unpaired) electrons. The molecule has 0 aliphatic heterocycles. The zero-order valence-electron chi connectivity index (χ0n) is 23.3. The third-order valence-corrected chi connectivity index (χ3v) is 7.65. The first-order valence-corrected chi connectivity index (χ1v) is 14.1. The van der Waals surface area contributed by atoms with E-state index in [-0.39, 0.29) is 25.1 Å². The van der Waals surface area contributed by atoms with Crippen molar-refractivity contribution >= 4 is 17.6 Å². The van der Waals surface area contributed by atoms with Gasteiger partial charge in [0.15, 0.2) is 0 Å². The van der Waals surface area contributed by atoms with Gasteiger partial charge in [0.05, 0.1) is 17.2 Å². The van der Waals surface area contributed by atoms with Gasteiger partial charge in [-0.2, -0.15) is 5.26 Å². The number of nitriles is 1. The Kier molecular flexibility index (Phi) is 9.22. The van der Waals surface area contributed by atoms with E-state index < -0.39 is 18.6 Å². The smallest absolute Gasteiger partial charge is 0.323 e. The number of aliphatic hydroxyl groups excluding tert-OH is 1. The standard InChI is InChI=1S/C33H29ClFN3O5/c1-19-5-6-25(28(35)9-19)23-3-2-4-26-24(23)7-8-30(26)43-32-12-31(42-18-21-10-20(13-36)14-37-15-21)22(11-27(32)34)16-38-29(17-39)33(40)41/h2-6,9-12,14-15,29-30,38-39H,7-8,16-18H2,1H3,(H,40,41)/t29-,30-/m0/s1. The summed E-state index contributed by atoms with van der Waals surface area (Å²) in [7, 11) is 0. The average Bonchev–Trinajstić information content (AvgIpc) is 3.41. The van der Waals surface area contributed by atoms with Crippen molar-refractivity contribution in [2.45, 2.75) is 45.1 Å². The molecule has 8 nitrogen and oxygen atoms in total. The number of nitrogens with one attached hydrogen (secondary N) is 1. The van der Waals surface area contributed by atoms with Crippen molar-refractivity contribution in [1.29, 1.82) is 5.26 Å². The molecule has 1 heterocycles. The number of pyridine rings is 1. The van der Waals surface area contributed by atoms with E-state index in [9.17, 15) is 24.7 Å². The number of carboxylic acid groups (broad SMARTS) is 1. The predicted molar refractivity (Wildman–Crippen MR) is 158 cm³/mol. The highest BCUT2D eigenvalue weighted by atomic mass is 35.5. The molecule has 3 aromatic carbocycles. The van der Waals surface area contributed by atoms with Crippen LogP contribution in [0.25, 0.3) is 11.1 Å². The Morgan fingerprint density at radius 1 is 1.19 bits per heavy atom. The summed E-state index contributed by atoms with van der Waals surface area (Å²) >= 11 is 6.67. The highest BCUT2D eigenvalue weighted by Crippen LogP contribution is 2.43. The van der Waals surface area contributed by atoms with E-state index in [2.05, 4.69) is 10.3 Å². The molecule has 0 bridgehead atoms. The Bertz CT molecular complexity index is 1710. The first-order valence-electron chi connectivity index (χ1n) is 13.7. The molecule has 1 aromatic heterocycles. The number of hydrogen-bond acceptors (Lipinski definition) is 7. The van der Waals surface area contributed by atoms with Crippen LogP contribution in [0.1, 0.15) is 45.9 Å². The number of aliphatic hydroxyl groups is 1. The first-order chi connectivity index (χ1) is 20.8. The molecule has 43 heavy (non-hydrogen) atoms. The predicted octanol–water partition coefficient (Wildman–Crippen LogP) is 5.90. The second kappa shape index (κ2) is 13.2. The van der Waals surface area contributed by atoms with Gasteiger partial charge >= 0.3 is 5.97 Å². The average molecular weight is 602 g/mol. The minimum Gasteiger partial charge on any atom is -0.488 e. The summed E-state index contributed by atoms with van der Waals surface area (Å²) in [6, 6.07) is 16.8. The zero-order chi connectivity index (χ0) is 30.5. The number of aromatic nitrogens is 1. The number of halogens is 2. The Morgan fingerprint density at radius 3 is 2.77 bits per heavy atom. The third kappa shape index (κ3) is 6.78. The molecular formula is C33H29ClFN3O5. The molecule has 0 spiro atoms. The molecule has 0 saturated heterocycles. The molecule has 1 aliphatic carbocycles. The lowest BCUT2D eigenvalue weighted by molar-refractivity contribution is -0.140. The Balaban J connectivity index is 1.43. The number of aryl methyl sites for hydroxylation is 1. The topological polar surface area (TPSA) is 125 Å². The fourth-order valence-corrected chi connectivity index (χ4v) is 5.40. The van der Waals surface area contributed by atoms with Crippen LogP contribution in [0.2, 0.25) is 5.02 Å². The summed E-state index contributed by atoms with van der Waals surface area (Å²) in [5, 5.41) is 31.0. The maximum absolute atomic E-state index is 14.9. The normalized spacial score (nSPS) is 14.5. The highest BCUT2D eigenvalue weighted by molar-refractivity contribution is 6.32. The molecule has 5 rings (SSSR count). The number of ether oxygens (including phenoxy) is 2. The zero-order valence-corrected chi connectivity index (χ0v) is 24.1. The van der Waals surface area contributed by atoms with Crippen LogP contribution in [0.15, 0.2) is 67.0 Å². The van der Waals surface area contributed by atoms with E-state index >= 15 is 0 Å². The number of fused-ring (bicyclic) bond motifs is 1. The molecular weight excluding hydrogens is 573 g/mol. The van der Waals surface area contributed by atoms with Crippen LogP contribution < -0.4 is 14.8 Å². The van der Waals surface area contributed by atoms with Gasteiger partial charge in [-0.3, -0.25) is 15.1 Å². The largest absolute Gasteiger partial charge is 0.488 e. The number of benzene rings is 3. The minimum absolute atomic E-state index is 0.0427. The van der Waals surface area contributed by atoms with Gasteiger partial charge in [-0.05, 0) is 60.2 Å². The highest BCUT2D eigenvalue weighted by Gasteiger charge is 2.28. The van der Waals surface area contributed by atoms with Crippen LogP contribution in [0.4, 0.5) is 4.39 Å². The van der Waals surface area contributed by atoms with Crippen LogP contribution in [0.3, 0.4) is 0 Å². The molecule has 4 aromatic rings. The van der Waals surface area contributed by atoms with E-state index in [0.29, 0.717) is 51.6 Å². The molecule has 0 unspecified atom stereocenters. The lowest BCUT2D eigenvalue weighted by Gasteiger charge is -2.20. The molecule has 2 atom stereocenters. The fraction of sp³-hybridized carbons (Fsp3) is 0.242. The number of carbonyl (C=O) groups is 1. The lowest BCUT2D eigenvalue weighted by Crippen LogP contribution is -2.39. The van der Waals surface area contributed by atoms with Gasteiger partial charge in [-0.25, -0.2) is 4.39 Å². The van der Waals surface area contributed by atoms with Gasteiger partial charge in [0.2, 0.25) is 0 Å². The molecule has 0 amide bonds. The Labute approximate surface area is 253 Å². The second-order valence-corrected chi connectivity index (χ2v) is 10.7. The SMILES string of the molecule is Cc1ccc(-c2cccc3c2CC[C@@H]3Oc2cc(OCc3cncc(C#N)c3)c(CN[C@@H](CO)C(=O)O)cc2Cl)c(F)c1. The number of rotatable bonds is 11. The molecule has 3 N–H and O–H groups in total. The second-order valence-electron chi connectivity index (χ2n) is 10.3. The fourth-order valence-electron chi connectivity index (χ4n) is 5.17. The van der Waals surface area contributed by atoms with Crippen LogP contribution >= 0.6 is 11.6 Å². The van der Waals surface area contributed by atoms with Crippen LogP contribution in [0, 0.1) is 24.1 Å². The quantitative estimate of drug-likeness (QED) is 0.194.